The molecular weight excluding hydrogens is 264 g/mol. The predicted molar refractivity (Wildman–Crippen MR) is 72.1 cm³/mol. The molecule has 0 bridgehead atoms. The second-order valence-corrected chi connectivity index (χ2v) is 5.27. The molecule has 1 rings (SSSR count). The van der Waals surface area contributed by atoms with E-state index in [0.717, 1.165) is 25.7 Å². The van der Waals surface area contributed by atoms with Gasteiger partial charge < -0.3 is 24.8 Å². The first-order chi connectivity index (χ1) is 9.56. The van der Waals surface area contributed by atoms with Crippen molar-refractivity contribution in [2.45, 2.75) is 69.9 Å². The van der Waals surface area contributed by atoms with E-state index in [1.165, 1.54) is 6.42 Å². The normalized spacial score (nSPS) is 30.2. The molecule has 4 atom stereocenters. The van der Waals surface area contributed by atoms with Gasteiger partial charge >= 0.3 is 5.97 Å². The number of aliphatic hydroxyl groups excluding tert-OH is 3. The second-order valence-electron chi connectivity index (χ2n) is 5.27. The van der Waals surface area contributed by atoms with Crippen LogP contribution in [0.3, 0.4) is 0 Å². The van der Waals surface area contributed by atoms with Gasteiger partial charge in [-0.25, -0.2) is 0 Å². The number of ether oxygens (including phenoxy) is 2. The van der Waals surface area contributed by atoms with Gasteiger partial charge in [-0.2, -0.15) is 0 Å². The molecule has 1 heterocycles. The van der Waals surface area contributed by atoms with Crippen LogP contribution in [0.1, 0.15) is 45.4 Å². The first kappa shape index (κ1) is 17.4. The molecule has 0 aromatic rings. The van der Waals surface area contributed by atoms with Crippen LogP contribution in [0, 0.1) is 0 Å². The van der Waals surface area contributed by atoms with Gasteiger partial charge in [-0.1, -0.05) is 32.6 Å². The molecule has 1 aliphatic rings. The van der Waals surface area contributed by atoms with Crippen LogP contribution < -0.4 is 0 Å². The van der Waals surface area contributed by atoms with Crippen molar-refractivity contribution in [3.63, 3.8) is 0 Å². The Morgan fingerprint density at radius 3 is 2.55 bits per heavy atom. The highest BCUT2D eigenvalue weighted by atomic mass is 16.6. The van der Waals surface area contributed by atoms with E-state index in [2.05, 4.69) is 6.92 Å². The zero-order valence-corrected chi connectivity index (χ0v) is 12.0. The molecule has 20 heavy (non-hydrogen) atoms. The van der Waals surface area contributed by atoms with Crippen molar-refractivity contribution in [2.75, 3.05) is 13.2 Å². The lowest BCUT2D eigenvalue weighted by Crippen LogP contribution is -2.54. The third kappa shape index (κ3) is 5.75. The van der Waals surface area contributed by atoms with Crippen molar-refractivity contribution < 1.29 is 29.6 Å². The summed E-state index contributed by atoms with van der Waals surface area (Å²) in [7, 11) is 0. The van der Waals surface area contributed by atoms with Gasteiger partial charge in [-0.05, 0) is 6.42 Å². The van der Waals surface area contributed by atoms with Crippen molar-refractivity contribution in [1.82, 2.24) is 0 Å². The van der Waals surface area contributed by atoms with Crippen LogP contribution in [0.5, 0.6) is 0 Å². The summed E-state index contributed by atoms with van der Waals surface area (Å²) in [4.78, 5) is 11.5. The molecule has 6 nitrogen and oxygen atoms in total. The maximum absolute atomic E-state index is 11.5. The molecule has 0 aromatic carbocycles. The number of unbranched alkanes of at least 4 members (excludes halogenated alkanes) is 4. The minimum absolute atomic E-state index is 0.0720. The molecule has 1 fully saturated rings. The highest BCUT2D eigenvalue weighted by Gasteiger charge is 2.37. The largest absolute Gasteiger partial charge is 0.463 e. The molecule has 6 heteroatoms. The van der Waals surface area contributed by atoms with E-state index in [0.29, 0.717) is 6.42 Å². The van der Waals surface area contributed by atoms with E-state index in [-0.39, 0.29) is 19.2 Å². The molecule has 3 N–H and O–H groups in total. The zero-order valence-electron chi connectivity index (χ0n) is 12.0. The van der Waals surface area contributed by atoms with Crippen molar-refractivity contribution >= 4 is 5.97 Å². The van der Waals surface area contributed by atoms with Crippen LogP contribution >= 0.6 is 0 Å². The van der Waals surface area contributed by atoms with E-state index in [1.807, 2.05) is 0 Å². The summed E-state index contributed by atoms with van der Waals surface area (Å²) < 4.78 is 10.2. The van der Waals surface area contributed by atoms with E-state index >= 15 is 0 Å². The van der Waals surface area contributed by atoms with Crippen molar-refractivity contribution in [2.24, 2.45) is 0 Å². The number of hydrogen-bond acceptors (Lipinski definition) is 6. The Bertz CT molecular complexity index is 283. The van der Waals surface area contributed by atoms with Gasteiger partial charge in [0.2, 0.25) is 0 Å². The quantitative estimate of drug-likeness (QED) is 0.441. The molecule has 0 aliphatic carbocycles. The van der Waals surface area contributed by atoms with Crippen molar-refractivity contribution in [1.29, 1.82) is 0 Å². The Balaban J connectivity index is 2.14. The van der Waals surface area contributed by atoms with Crippen LogP contribution in [-0.2, 0) is 14.3 Å². The molecule has 0 unspecified atom stereocenters. The van der Waals surface area contributed by atoms with Gasteiger partial charge in [0.25, 0.3) is 0 Å². The Morgan fingerprint density at radius 1 is 1.15 bits per heavy atom. The molecule has 0 radical (unpaired) electrons. The SMILES string of the molecule is CCCCCCCC(=O)OC[C@H]1OC[C@H](O)[C@@H](O)[C@@H]1O. The lowest BCUT2D eigenvalue weighted by atomic mass is 10.0. The molecule has 118 valence electrons. The van der Waals surface area contributed by atoms with Crippen LogP contribution in [-0.4, -0.2) is 58.9 Å². The number of esters is 1. The Hall–Kier alpha value is -0.690. The average molecular weight is 290 g/mol. The van der Waals surface area contributed by atoms with E-state index in [1.54, 1.807) is 0 Å². The molecule has 0 amide bonds. The van der Waals surface area contributed by atoms with E-state index < -0.39 is 24.4 Å². The van der Waals surface area contributed by atoms with E-state index in [9.17, 15) is 20.1 Å². The third-order valence-electron chi connectivity index (χ3n) is 3.50. The summed E-state index contributed by atoms with van der Waals surface area (Å²) in [5.74, 6) is -0.321. The van der Waals surface area contributed by atoms with Crippen molar-refractivity contribution in [3.05, 3.63) is 0 Å². The molecule has 0 aromatic heterocycles. The fourth-order valence-corrected chi connectivity index (χ4v) is 2.13. The lowest BCUT2D eigenvalue weighted by molar-refractivity contribution is -0.201. The van der Waals surface area contributed by atoms with Crippen LogP contribution in [0.4, 0.5) is 0 Å². The molecule has 0 saturated carbocycles. The van der Waals surface area contributed by atoms with Crippen LogP contribution in [0.2, 0.25) is 0 Å². The van der Waals surface area contributed by atoms with Crippen LogP contribution in [0.15, 0.2) is 0 Å². The first-order valence-corrected chi connectivity index (χ1v) is 7.37. The van der Waals surface area contributed by atoms with Gasteiger partial charge in [-0.3, -0.25) is 4.79 Å². The number of hydrogen-bond donors (Lipinski definition) is 3. The lowest BCUT2D eigenvalue weighted by Gasteiger charge is -2.34. The topological polar surface area (TPSA) is 96.2 Å². The number of rotatable bonds is 8. The van der Waals surface area contributed by atoms with Gasteiger partial charge in [-0.15, -0.1) is 0 Å². The molecule has 1 saturated heterocycles. The fraction of sp³-hybridized carbons (Fsp3) is 0.929. The smallest absolute Gasteiger partial charge is 0.305 e. The maximum atomic E-state index is 11.5. The third-order valence-corrected chi connectivity index (χ3v) is 3.50. The Morgan fingerprint density at radius 2 is 1.85 bits per heavy atom. The Labute approximate surface area is 119 Å². The number of aliphatic hydroxyl groups is 3. The van der Waals surface area contributed by atoms with Gasteiger partial charge in [0, 0.05) is 6.42 Å². The number of carbonyl (C=O) groups is 1. The molecule has 1 aliphatic heterocycles. The van der Waals surface area contributed by atoms with Gasteiger partial charge in [0.15, 0.2) is 0 Å². The molecule has 0 spiro atoms. The first-order valence-electron chi connectivity index (χ1n) is 7.37. The average Bonchev–Trinajstić information content (AvgIpc) is 2.44. The summed E-state index contributed by atoms with van der Waals surface area (Å²) >= 11 is 0. The highest BCUT2D eigenvalue weighted by Crippen LogP contribution is 2.16. The number of carbonyl (C=O) groups excluding carboxylic acids is 1. The van der Waals surface area contributed by atoms with E-state index in [4.69, 9.17) is 9.47 Å². The summed E-state index contributed by atoms with van der Waals surface area (Å²) in [5.41, 5.74) is 0. The minimum Gasteiger partial charge on any atom is -0.463 e. The predicted octanol–water partition coefficient (Wildman–Crippen LogP) is 0.372. The Kier molecular flexibility index (Phi) is 8.06. The molecular formula is C14H26O6. The minimum atomic E-state index is -1.26. The highest BCUT2D eigenvalue weighted by molar-refractivity contribution is 5.69. The van der Waals surface area contributed by atoms with Crippen LogP contribution in [0.25, 0.3) is 0 Å². The summed E-state index contributed by atoms with van der Waals surface area (Å²) in [6.45, 7) is 1.96. The maximum Gasteiger partial charge on any atom is 0.305 e. The summed E-state index contributed by atoms with van der Waals surface area (Å²) in [5, 5.41) is 28.4. The summed E-state index contributed by atoms with van der Waals surface area (Å²) in [6, 6.07) is 0. The summed E-state index contributed by atoms with van der Waals surface area (Å²) in [6.07, 6.45) is 1.25. The fourth-order valence-electron chi connectivity index (χ4n) is 2.13. The zero-order chi connectivity index (χ0) is 15.0. The monoisotopic (exact) mass is 290 g/mol. The van der Waals surface area contributed by atoms with Gasteiger partial charge in [0.05, 0.1) is 6.61 Å². The van der Waals surface area contributed by atoms with Gasteiger partial charge in [0.1, 0.15) is 31.0 Å². The standard InChI is InChI=1S/C14H26O6/c1-2-3-4-5-6-7-12(16)20-9-11-14(18)13(17)10(15)8-19-11/h10-11,13-15,17-18H,2-9H2,1H3/t10-,11+,13+,14+/m0/s1. The second kappa shape index (κ2) is 9.28. The van der Waals surface area contributed by atoms with Crippen molar-refractivity contribution in [3.8, 4) is 0 Å².